The summed E-state index contributed by atoms with van der Waals surface area (Å²) in [6, 6.07) is 8.59. The summed E-state index contributed by atoms with van der Waals surface area (Å²) >= 11 is 0.738. The van der Waals surface area contributed by atoms with Gasteiger partial charge < -0.3 is 8.83 Å². The summed E-state index contributed by atoms with van der Waals surface area (Å²) in [6.07, 6.45) is 1.47. The first-order valence-electron chi connectivity index (χ1n) is 5.97. The number of nitro benzene ring substituents is 1. The van der Waals surface area contributed by atoms with Gasteiger partial charge in [0.2, 0.25) is 5.12 Å². The molecule has 9 heteroatoms. The van der Waals surface area contributed by atoms with E-state index in [0.29, 0.717) is 11.3 Å². The van der Waals surface area contributed by atoms with Gasteiger partial charge in [0, 0.05) is 29.5 Å². The molecule has 2 heterocycles. The van der Waals surface area contributed by atoms with Crippen LogP contribution >= 0.6 is 11.8 Å². The van der Waals surface area contributed by atoms with E-state index in [2.05, 4.69) is 10.2 Å². The minimum absolute atomic E-state index is 0.0646. The highest BCUT2D eigenvalue weighted by molar-refractivity contribution is 8.14. The minimum atomic E-state index is -0.533. The van der Waals surface area contributed by atoms with Gasteiger partial charge in [-0.1, -0.05) is 0 Å². The molecule has 0 saturated heterocycles. The van der Waals surface area contributed by atoms with Crippen molar-refractivity contribution in [3.8, 4) is 11.7 Å². The molecule has 0 spiro atoms. The number of rotatable bonds is 4. The normalized spacial score (nSPS) is 10.5. The number of carbonyl (C=O) groups is 1. The first kappa shape index (κ1) is 14.0. The number of non-ortho nitro benzene ring substituents is 1. The van der Waals surface area contributed by atoms with E-state index in [4.69, 9.17) is 8.83 Å². The lowest BCUT2D eigenvalue weighted by Gasteiger charge is -1.96. The molecule has 0 aliphatic rings. The fourth-order valence-corrected chi connectivity index (χ4v) is 2.22. The van der Waals surface area contributed by atoms with Crippen LogP contribution in [0, 0.1) is 10.1 Å². The Hall–Kier alpha value is -2.94. The van der Waals surface area contributed by atoms with Gasteiger partial charge >= 0.3 is 0 Å². The van der Waals surface area contributed by atoms with E-state index in [0.717, 1.165) is 11.8 Å². The molecule has 110 valence electrons. The number of furan rings is 1. The Morgan fingerprint density at radius 1 is 1.18 bits per heavy atom. The number of aromatic nitrogens is 2. The zero-order chi connectivity index (χ0) is 15.5. The summed E-state index contributed by atoms with van der Waals surface area (Å²) in [7, 11) is 0. The average molecular weight is 317 g/mol. The van der Waals surface area contributed by atoms with Crippen LogP contribution in [-0.2, 0) is 0 Å². The van der Waals surface area contributed by atoms with E-state index in [-0.39, 0.29) is 21.9 Å². The van der Waals surface area contributed by atoms with Crippen molar-refractivity contribution in [1.82, 2.24) is 10.2 Å². The van der Waals surface area contributed by atoms with E-state index in [9.17, 15) is 14.9 Å². The van der Waals surface area contributed by atoms with Gasteiger partial charge in [-0.2, -0.15) is 0 Å². The molecule has 0 unspecified atom stereocenters. The van der Waals surface area contributed by atoms with Crippen molar-refractivity contribution in [3.05, 3.63) is 58.3 Å². The van der Waals surface area contributed by atoms with Crippen LogP contribution in [-0.4, -0.2) is 20.2 Å². The number of carbonyl (C=O) groups excluding carboxylic acids is 1. The fraction of sp³-hybridized carbons (Fsp3) is 0. The molecule has 0 aliphatic carbocycles. The summed E-state index contributed by atoms with van der Waals surface area (Å²) in [6.45, 7) is 0. The monoisotopic (exact) mass is 317 g/mol. The molecular formula is C13H7N3O5S. The zero-order valence-electron chi connectivity index (χ0n) is 10.8. The zero-order valence-corrected chi connectivity index (χ0v) is 11.6. The average Bonchev–Trinajstić information content (AvgIpc) is 3.18. The molecule has 0 atom stereocenters. The van der Waals surface area contributed by atoms with Crippen LogP contribution in [0.1, 0.15) is 10.4 Å². The van der Waals surface area contributed by atoms with Crippen LogP contribution in [0.5, 0.6) is 0 Å². The van der Waals surface area contributed by atoms with E-state index >= 15 is 0 Å². The number of benzene rings is 1. The first-order valence-corrected chi connectivity index (χ1v) is 6.79. The summed E-state index contributed by atoms with van der Waals surface area (Å²) in [5.74, 6) is 0.575. The van der Waals surface area contributed by atoms with Crippen molar-refractivity contribution in [2.75, 3.05) is 0 Å². The number of thioether (sulfide) groups is 1. The Morgan fingerprint density at radius 2 is 1.95 bits per heavy atom. The standard InChI is InChI=1S/C13H7N3O5S/c17-12(8-3-5-9(6-4-8)16(18)19)22-13-15-14-11(21-13)10-2-1-7-20-10/h1-7H. The molecule has 0 fully saturated rings. The van der Waals surface area contributed by atoms with Gasteiger partial charge in [0.05, 0.1) is 11.2 Å². The van der Waals surface area contributed by atoms with Gasteiger partial charge in [-0.3, -0.25) is 14.9 Å². The molecule has 0 bridgehead atoms. The number of hydrogen-bond acceptors (Lipinski definition) is 8. The van der Waals surface area contributed by atoms with Crippen molar-refractivity contribution < 1.29 is 18.6 Å². The van der Waals surface area contributed by atoms with Gasteiger partial charge in [-0.25, -0.2) is 0 Å². The predicted octanol–water partition coefficient (Wildman–Crippen LogP) is 3.17. The number of hydrogen-bond donors (Lipinski definition) is 0. The lowest BCUT2D eigenvalue weighted by molar-refractivity contribution is -0.384. The quantitative estimate of drug-likeness (QED) is 0.409. The maximum atomic E-state index is 12.0. The van der Waals surface area contributed by atoms with Crippen molar-refractivity contribution in [3.63, 3.8) is 0 Å². The molecule has 3 rings (SSSR count). The SMILES string of the molecule is O=C(Sc1nnc(-c2ccco2)o1)c1ccc([N+](=O)[O-])cc1. The molecule has 2 aromatic heterocycles. The van der Waals surface area contributed by atoms with E-state index < -0.39 is 4.92 Å². The van der Waals surface area contributed by atoms with E-state index in [1.807, 2.05) is 0 Å². The number of nitro groups is 1. The molecule has 8 nitrogen and oxygen atoms in total. The maximum absolute atomic E-state index is 12.0. The fourth-order valence-electron chi connectivity index (χ4n) is 1.61. The lowest BCUT2D eigenvalue weighted by atomic mass is 10.2. The molecule has 1 aromatic carbocycles. The molecular weight excluding hydrogens is 310 g/mol. The van der Waals surface area contributed by atoms with Crippen molar-refractivity contribution in [1.29, 1.82) is 0 Å². The molecule has 22 heavy (non-hydrogen) atoms. The predicted molar refractivity (Wildman–Crippen MR) is 75.3 cm³/mol. The molecule has 0 saturated carbocycles. The molecule has 0 amide bonds. The third-order valence-electron chi connectivity index (χ3n) is 2.63. The van der Waals surface area contributed by atoms with Crippen LogP contribution in [0.3, 0.4) is 0 Å². The highest BCUT2D eigenvalue weighted by Gasteiger charge is 2.17. The molecule has 3 aromatic rings. The van der Waals surface area contributed by atoms with Gasteiger partial charge in [-0.15, -0.1) is 10.2 Å². The third kappa shape index (κ3) is 2.88. The van der Waals surface area contributed by atoms with Crippen molar-refractivity contribution in [2.45, 2.75) is 5.22 Å². The lowest BCUT2D eigenvalue weighted by Crippen LogP contribution is -1.94. The maximum Gasteiger partial charge on any atom is 0.284 e. The Balaban J connectivity index is 1.73. The topological polar surface area (TPSA) is 112 Å². The smallest absolute Gasteiger partial charge is 0.284 e. The summed E-state index contributed by atoms with van der Waals surface area (Å²) in [5, 5.41) is 17.8. The minimum Gasteiger partial charge on any atom is -0.459 e. The summed E-state index contributed by atoms with van der Waals surface area (Å²) in [4.78, 5) is 22.1. The largest absolute Gasteiger partial charge is 0.459 e. The van der Waals surface area contributed by atoms with E-state index in [1.165, 1.54) is 30.5 Å². The molecule has 0 aliphatic heterocycles. The van der Waals surface area contributed by atoms with E-state index in [1.54, 1.807) is 12.1 Å². The van der Waals surface area contributed by atoms with Gasteiger partial charge in [0.1, 0.15) is 0 Å². The summed E-state index contributed by atoms with van der Waals surface area (Å²) in [5.41, 5.74) is 0.216. The Kier molecular flexibility index (Phi) is 3.71. The van der Waals surface area contributed by atoms with Crippen LogP contribution in [0.2, 0.25) is 0 Å². The second-order valence-electron chi connectivity index (χ2n) is 4.04. The van der Waals surface area contributed by atoms with Gasteiger partial charge in [0.15, 0.2) is 5.76 Å². The second kappa shape index (κ2) is 5.82. The van der Waals surface area contributed by atoms with Gasteiger partial charge in [-0.05, 0) is 24.3 Å². The Labute approximate surface area is 127 Å². The third-order valence-corrected chi connectivity index (χ3v) is 3.39. The van der Waals surface area contributed by atoms with Crippen molar-refractivity contribution in [2.24, 2.45) is 0 Å². The molecule has 0 radical (unpaired) electrons. The second-order valence-corrected chi connectivity index (χ2v) is 4.97. The first-order chi connectivity index (χ1) is 10.6. The highest BCUT2D eigenvalue weighted by Crippen LogP contribution is 2.26. The van der Waals surface area contributed by atoms with Crippen LogP contribution in [0.25, 0.3) is 11.7 Å². The summed E-state index contributed by atoms with van der Waals surface area (Å²) < 4.78 is 10.4. The number of nitrogens with zero attached hydrogens (tertiary/aromatic N) is 3. The Morgan fingerprint density at radius 3 is 2.59 bits per heavy atom. The van der Waals surface area contributed by atoms with Crippen molar-refractivity contribution >= 4 is 22.6 Å². The van der Waals surface area contributed by atoms with Crippen LogP contribution in [0.4, 0.5) is 5.69 Å². The van der Waals surface area contributed by atoms with Gasteiger partial charge in [0.25, 0.3) is 16.8 Å². The van der Waals surface area contributed by atoms with Crippen LogP contribution < -0.4 is 0 Å². The van der Waals surface area contributed by atoms with Crippen LogP contribution in [0.15, 0.2) is 56.7 Å². The molecule has 0 N–H and O–H groups in total. The Bertz CT molecular complexity index is 811. The highest BCUT2D eigenvalue weighted by atomic mass is 32.2.